The van der Waals surface area contributed by atoms with Gasteiger partial charge in [-0.2, -0.15) is 0 Å². The maximum Gasteiger partial charge on any atom is 0.0460 e. The molecule has 2 nitrogen and oxygen atoms in total. The Hall–Kier alpha value is -2.65. The molecule has 0 fully saturated rings. The number of aromatic nitrogens is 1. The molecule has 1 heterocycles. The normalized spacial score (nSPS) is 11.3. The first-order valence-corrected chi connectivity index (χ1v) is 10.1. The van der Waals surface area contributed by atoms with Crippen LogP contribution in [0.3, 0.4) is 0 Å². The van der Waals surface area contributed by atoms with Gasteiger partial charge >= 0.3 is 0 Å². The summed E-state index contributed by atoms with van der Waals surface area (Å²) in [5.41, 5.74) is 5.58. The highest BCUT2D eigenvalue weighted by Crippen LogP contribution is 2.34. The molecule has 1 aromatic heterocycles. The molecule has 0 radical (unpaired) electrons. The van der Waals surface area contributed by atoms with Crippen LogP contribution in [-0.4, -0.2) is 16.3 Å². The third-order valence-electron chi connectivity index (χ3n) is 4.12. The van der Waals surface area contributed by atoms with E-state index >= 15 is 0 Å². The molecule has 0 unspecified atom stereocenters. The van der Waals surface area contributed by atoms with Gasteiger partial charge in [0.2, 0.25) is 0 Å². The van der Waals surface area contributed by atoms with Gasteiger partial charge in [0.15, 0.2) is 0 Å². The van der Waals surface area contributed by atoms with Gasteiger partial charge in [-0.25, -0.2) is 0 Å². The molecular weight excluding hydrogens is 324 g/mol. The van der Waals surface area contributed by atoms with Crippen molar-refractivity contribution in [1.29, 1.82) is 0 Å². The molecule has 0 aliphatic heterocycles. The second-order valence-electron chi connectivity index (χ2n) is 6.44. The molecule has 25 heavy (non-hydrogen) atoms. The summed E-state index contributed by atoms with van der Waals surface area (Å²) >= 11 is 0. The summed E-state index contributed by atoms with van der Waals surface area (Å²) in [6.07, 6.45) is 4.15. The van der Waals surface area contributed by atoms with Crippen molar-refractivity contribution in [2.24, 2.45) is 0 Å². The quantitative estimate of drug-likeness (QED) is 0.570. The van der Waals surface area contributed by atoms with Gasteiger partial charge < -0.3 is 9.29 Å². The number of benzene rings is 2. The molecule has 3 heteroatoms. The Morgan fingerprint density at radius 1 is 1.04 bits per heavy atom. The topological polar surface area (TPSA) is 17.0 Å². The van der Waals surface area contributed by atoms with E-state index in [0.29, 0.717) is 0 Å². The van der Waals surface area contributed by atoms with E-state index in [1.54, 1.807) is 0 Å². The number of hydrogen-bond donors (Lipinski definition) is 1. The van der Waals surface area contributed by atoms with Gasteiger partial charge in [-0.1, -0.05) is 42.1 Å². The summed E-state index contributed by atoms with van der Waals surface area (Å²) in [6, 6.07) is 18.8. The van der Waals surface area contributed by atoms with E-state index in [2.05, 4.69) is 102 Å². The van der Waals surface area contributed by atoms with E-state index in [1.165, 1.54) is 5.56 Å². The predicted octanol–water partition coefficient (Wildman–Crippen LogP) is 5.87. The number of nitrogens with one attached hydrogen (secondary N) is 1. The number of anilines is 1. The minimum absolute atomic E-state index is 1.04. The Morgan fingerprint density at radius 2 is 1.76 bits per heavy atom. The Labute approximate surface area is 151 Å². The van der Waals surface area contributed by atoms with Crippen LogP contribution in [0.1, 0.15) is 18.1 Å². The molecule has 3 rings (SSSR count). The number of allylic oxidation sites excluding steroid dienone is 1. The van der Waals surface area contributed by atoms with Crippen molar-refractivity contribution in [1.82, 2.24) is 4.57 Å². The van der Waals surface area contributed by atoms with Crippen LogP contribution >= 0.6 is 9.39 Å². The minimum Gasteiger partial charge on any atom is -0.338 e. The van der Waals surface area contributed by atoms with Crippen LogP contribution in [0.15, 0.2) is 78.5 Å². The molecular formula is C22H24N2S. The fourth-order valence-corrected chi connectivity index (χ4v) is 3.99. The molecule has 0 amide bonds. The highest BCUT2D eigenvalue weighted by Gasteiger charge is 2.06. The molecule has 1 N–H and O–H groups in total. The molecule has 128 valence electrons. The van der Waals surface area contributed by atoms with Crippen molar-refractivity contribution in [2.75, 3.05) is 4.72 Å². The average Bonchev–Trinajstić information content (AvgIpc) is 3.07. The molecule has 2 aromatic carbocycles. The fourth-order valence-electron chi connectivity index (χ4n) is 2.60. The summed E-state index contributed by atoms with van der Waals surface area (Å²) in [5, 5.41) is 0. The Balaban J connectivity index is 1.91. The zero-order chi connectivity index (χ0) is 18.0. The first kappa shape index (κ1) is 17.2. The fraction of sp³-hybridized carbons (Fsp3) is 0.0909. The van der Waals surface area contributed by atoms with E-state index in [4.69, 9.17) is 0 Å². The zero-order valence-corrected chi connectivity index (χ0v) is 15.6. The van der Waals surface area contributed by atoms with Gasteiger partial charge in [-0.3, -0.25) is 0 Å². The summed E-state index contributed by atoms with van der Waals surface area (Å²) in [7, 11) is -1.65. The van der Waals surface area contributed by atoms with E-state index < -0.39 is 9.39 Å². The number of hydrogen-bond acceptors (Lipinski definition) is 1. The second kappa shape index (κ2) is 6.69. The first-order valence-electron chi connectivity index (χ1n) is 8.13. The number of rotatable bonds is 5. The monoisotopic (exact) mass is 348 g/mol. The maximum atomic E-state index is 4.36. The van der Waals surface area contributed by atoms with Crippen molar-refractivity contribution in [2.45, 2.75) is 18.7 Å². The lowest BCUT2D eigenvalue weighted by Crippen LogP contribution is -1.97. The van der Waals surface area contributed by atoms with Gasteiger partial charge in [0.25, 0.3) is 0 Å². The van der Waals surface area contributed by atoms with Crippen molar-refractivity contribution >= 4 is 32.4 Å². The van der Waals surface area contributed by atoms with E-state index in [-0.39, 0.29) is 0 Å². The van der Waals surface area contributed by atoms with Gasteiger partial charge in [0, 0.05) is 28.7 Å². The Kier molecular flexibility index (Phi) is 4.60. The van der Waals surface area contributed by atoms with Crippen LogP contribution in [0.5, 0.6) is 0 Å². The third kappa shape index (κ3) is 3.89. The van der Waals surface area contributed by atoms with Crippen molar-refractivity contribution in [3.63, 3.8) is 0 Å². The lowest BCUT2D eigenvalue weighted by atomic mass is 10.2. The van der Waals surface area contributed by atoms with Gasteiger partial charge in [0.1, 0.15) is 0 Å². The molecule has 0 atom stereocenters. The summed E-state index contributed by atoms with van der Waals surface area (Å²) in [6.45, 7) is 8.10. The lowest BCUT2D eigenvalue weighted by Gasteiger charge is -2.19. The summed E-state index contributed by atoms with van der Waals surface area (Å²) < 4.78 is 5.61. The number of nitrogens with zero attached hydrogens (tertiary/aromatic N) is 1. The first-order chi connectivity index (χ1) is 11.8. The molecule has 3 aromatic rings. The largest absolute Gasteiger partial charge is 0.338 e. The summed E-state index contributed by atoms with van der Waals surface area (Å²) in [5.74, 6) is 8.73. The van der Waals surface area contributed by atoms with E-state index in [9.17, 15) is 0 Å². The molecule has 0 aliphatic carbocycles. The van der Waals surface area contributed by atoms with Gasteiger partial charge in [-0.05, 0) is 61.4 Å². The smallest absolute Gasteiger partial charge is 0.0460 e. The lowest BCUT2D eigenvalue weighted by molar-refractivity contribution is 1.07. The van der Waals surface area contributed by atoms with Crippen LogP contribution in [0.25, 0.3) is 11.3 Å². The van der Waals surface area contributed by atoms with Gasteiger partial charge in [0.05, 0.1) is 0 Å². The zero-order valence-electron chi connectivity index (χ0n) is 14.8. The van der Waals surface area contributed by atoms with Crippen molar-refractivity contribution in [3.8, 4) is 5.69 Å². The van der Waals surface area contributed by atoms with Crippen LogP contribution in [0.4, 0.5) is 5.69 Å². The highest BCUT2D eigenvalue weighted by atomic mass is 32.2. The standard InChI is InChI=1S/C22H24N2S/c1-17(2)19-13-14-24(16-19)21-7-6-8-22(15-21)25(4,5)23-20-11-9-18(3)10-12-20/h6-16,23H,1,4-5H2,2-3H3. The van der Waals surface area contributed by atoms with Crippen LogP contribution in [0.2, 0.25) is 0 Å². The molecule has 0 aliphatic rings. The van der Waals surface area contributed by atoms with Crippen LogP contribution < -0.4 is 4.72 Å². The third-order valence-corrected chi connectivity index (χ3v) is 5.90. The maximum absolute atomic E-state index is 4.36. The Morgan fingerprint density at radius 3 is 2.40 bits per heavy atom. The van der Waals surface area contributed by atoms with E-state index in [1.807, 2.05) is 6.92 Å². The molecule has 0 bridgehead atoms. The molecule has 0 saturated heterocycles. The van der Waals surface area contributed by atoms with Gasteiger partial charge in [-0.15, -0.1) is 9.39 Å². The molecule has 0 saturated carbocycles. The minimum atomic E-state index is -1.65. The SMILES string of the molecule is C=C(C)c1ccn(-c2cccc(S(=C)(=C)Nc3ccc(C)cc3)c2)c1. The average molecular weight is 349 g/mol. The van der Waals surface area contributed by atoms with Crippen LogP contribution in [0, 0.1) is 6.92 Å². The number of aryl methyl sites for hydroxylation is 1. The summed E-state index contributed by atoms with van der Waals surface area (Å²) in [4.78, 5) is 1.11. The van der Waals surface area contributed by atoms with Crippen molar-refractivity contribution < 1.29 is 0 Å². The van der Waals surface area contributed by atoms with Crippen LogP contribution in [-0.2, 0) is 0 Å². The second-order valence-corrected chi connectivity index (χ2v) is 8.88. The molecule has 0 spiro atoms. The highest BCUT2D eigenvalue weighted by molar-refractivity contribution is 8.28. The predicted molar refractivity (Wildman–Crippen MR) is 115 cm³/mol. The van der Waals surface area contributed by atoms with E-state index in [0.717, 1.165) is 27.4 Å². The van der Waals surface area contributed by atoms with Crippen molar-refractivity contribution in [3.05, 3.63) is 84.7 Å². The Bertz CT molecular complexity index is 1010.